The van der Waals surface area contributed by atoms with Crippen LogP contribution < -0.4 is 15.0 Å². The van der Waals surface area contributed by atoms with Gasteiger partial charge in [0.15, 0.2) is 16.3 Å². The van der Waals surface area contributed by atoms with Crippen LogP contribution in [0.5, 0.6) is 11.5 Å². The Hall–Kier alpha value is -1.82. The highest BCUT2D eigenvalue weighted by Crippen LogP contribution is 2.30. The van der Waals surface area contributed by atoms with E-state index in [4.69, 9.17) is 21.7 Å². The minimum absolute atomic E-state index is 0.00579. The fourth-order valence-electron chi connectivity index (χ4n) is 2.03. The second-order valence-corrected chi connectivity index (χ2v) is 4.84. The zero-order valence-electron chi connectivity index (χ0n) is 11.3. The summed E-state index contributed by atoms with van der Waals surface area (Å²) in [6.07, 6.45) is 0. The molecule has 0 aliphatic carbocycles. The summed E-state index contributed by atoms with van der Waals surface area (Å²) in [6.45, 7) is 3.83. The van der Waals surface area contributed by atoms with Crippen LogP contribution in [0.4, 0.5) is 0 Å². The number of ether oxygens (including phenoxy) is 2. The summed E-state index contributed by atoms with van der Waals surface area (Å²) < 4.78 is 12.4. The minimum atomic E-state index is -0.130. The lowest BCUT2D eigenvalue weighted by atomic mass is 10.2. The first-order valence-corrected chi connectivity index (χ1v) is 6.31. The van der Waals surface area contributed by atoms with Gasteiger partial charge in [-0.15, -0.1) is 0 Å². The molecule has 102 valence electrons. The Morgan fingerprint density at radius 1 is 1.21 bits per heavy atom. The van der Waals surface area contributed by atoms with Crippen molar-refractivity contribution in [1.82, 2.24) is 9.55 Å². The van der Waals surface area contributed by atoms with E-state index in [9.17, 15) is 4.79 Å². The molecule has 0 saturated heterocycles. The molecule has 1 heterocycles. The van der Waals surface area contributed by atoms with Crippen molar-refractivity contribution in [2.75, 3.05) is 14.2 Å². The summed E-state index contributed by atoms with van der Waals surface area (Å²) in [5.41, 5.74) is 0.513. The topological polar surface area (TPSA) is 56.2 Å². The van der Waals surface area contributed by atoms with Crippen LogP contribution >= 0.6 is 12.2 Å². The first-order chi connectivity index (χ1) is 8.99. The summed E-state index contributed by atoms with van der Waals surface area (Å²) in [5.74, 6) is 1.08. The van der Waals surface area contributed by atoms with E-state index in [0.29, 0.717) is 27.2 Å². The number of fused-ring (bicyclic) bond motifs is 1. The lowest BCUT2D eigenvalue weighted by Crippen LogP contribution is -2.23. The van der Waals surface area contributed by atoms with Crippen LogP contribution in [-0.2, 0) is 0 Å². The van der Waals surface area contributed by atoms with Crippen LogP contribution in [0.1, 0.15) is 19.9 Å². The molecule has 0 spiro atoms. The number of aromatic amines is 1. The maximum Gasteiger partial charge on any atom is 0.262 e. The first kappa shape index (κ1) is 13.6. The van der Waals surface area contributed by atoms with Crippen LogP contribution in [0.25, 0.3) is 10.9 Å². The fourth-order valence-corrected chi connectivity index (χ4v) is 2.43. The monoisotopic (exact) mass is 280 g/mol. The van der Waals surface area contributed by atoms with Crippen molar-refractivity contribution in [3.05, 3.63) is 27.3 Å². The predicted molar refractivity (Wildman–Crippen MR) is 76.9 cm³/mol. The van der Waals surface area contributed by atoms with Gasteiger partial charge in [-0.1, -0.05) is 0 Å². The maximum absolute atomic E-state index is 12.4. The lowest BCUT2D eigenvalue weighted by molar-refractivity contribution is 0.355. The third-order valence-corrected chi connectivity index (χ3v) is 3.25. The molecule has 0 aliphatic heterocycles. The summed E-state index contributed by atoms with van der Waals surface area (Å²) in [4.78, 5) is 15.5. The number of nitrogens with zero attached hydrogens (tertiary/aromatic N) is 1. The number of aromatic nitrogens is 2. The minimum Gasteiger partial charge on any atom is -0.493 e. The second kappa shape index (κ2) is 5.05. The number of nitrogens with one attached hydrogen (secondary N) is 1. The van der Waals surface area contributed by atoms with Gasteiger partial charge >= 0.3 is 0 Å². The molecule has 19 heavy (non-hydrogen) atoms. The van der Waals surface area contributed by atoms with Crippen molar-refractivity contribution in [3.8, 4) is 11.5 Å². The Kier molecular flexibility index (Phi) is 3.61. The molecular formula is C13H16N2O3S. The van der Waals surface area contributed by atoms with Crippen LogP contribution in [-0.4, -0.2) is 23.8 Å². The van der Waals surface area contributed by atoms with Crippen molar-refractivity contribution in [3.63, 3.8) is 0 Å². The van der Waals surface area contributed by atoms with Gasteiger partial charge in [-0.3, -0.25) is 9.36 Å². The number of hydrogen-bond acceptors (Lipinski definition) is 4. The zero-order valence-corrected chi connectivity index (χ0v) is 12.1. The van der Waals surface area contributed by atoms with Gasteiger partial charge in [0.2, 0.25) is 0 Å². The second-order valence-electron chi connectivity index (χ2n) is 4.45. The maximum atomic E-state index is 12.4. The van der Waals surface area contributed by atoms with E-state index in [1.165, 1.54) is 7.11 Å². The molecule has 0 aliphatic rings. The van der Waals surface area contributed by atoms with Gasteiger partial charge in [0, 0.05) is 12.1 Å². The average Bonchev–Trinajstić information content (AvgIpc) is 2.36. The Bertz CT molecular complexity index is 731. The van der Waals surface area contributed by atoms with Crippen LogP contribution in [0, 0.1) is 4.77 Å². The highest BCUT2D eigenvalue weighted by molar-refractivity contribution is 7.71. The molecule has 2 aromatic rings. The molecule has 6 heteroatoms. The molecule has 1 N–H and O–H groups in total. The summed E-state index contributed by atoms with van der Waals surface area (Å²) in [6, 6.07) is 3.38. The van der Waals surface area contributed by atoms with E-state index in [0.717, 1.165) is 0 Å². The van der Waals surface area contributed by atoms with Gasteiger partial charge in [0.1, 0.15) is 0 Å². The van der Waals surface area contributed by atoms with E-state index in [1.807, 2.05) is 13.8 Å². The van der Waals surface area contributed by atoms with Gasteiger partial charge in [-0.2, -0.15) is 0 Å². The number of hydrogen-bond donors (Lipinski definition) is 1. The quantitative estimate of drug-likeness (QED) is 0.878. The van der Waals surface area contributed by atoms with Crippen LogP contribution in [0.15, 0.2) is 16.9 Å². The smallest absolute Gasteiger partial charge is 0.262 e. The Balaban J connectivity index is 2.90. The molecular weight excluding hydrogens is 264 g/mol. The molecule has 5 nitrogen and oxygen atoms in total. The van der Waals surface area contributed by atoms with E-state index in [1.54, 1.807) is 23.8 Å². The third kappa shape index (κ3) is 2.23. The summed E-state index contributed by atoms with van der Waals surface area (Å²) in [7, 11) is 3.09. The number of methoxy groups -OCH3 is 2. The number of H-pyrrole nitrogens is 1. The van der Waals surface area contributed by atoms with Gasteiger partial charge in [-0.05, 0) is 32.1 Å². The highest BCUT2D eigenvalue weighted by Gasteiger charge is 2.12. The van der Waals surface area contributed by atoms with Crippen molar-refractivity contribution in [1.29, 1.82) is 0 Å². The van der Waals surface area contributed by atoms with E-state index < -0.39 is 0 Å². The lowest BCUT2D eigenvalue weighted by Gasteiger charge is -2.13. The Morgan fingerprint density at radius 2 is 1.79 bits per heavy atom. The first-order valence-electron chi connectivity index (χ1n) is 5.90. The molecule has 0 saturated carbocycles. The molecule has 0 amide bonds. The third-order valence-electron chi connectivity index (χ3n) is 2.95. The molecule has 1 aromatic heterocycles. The van der Waals surface area contributed by atoms with Gasteiger partial charge in [0.25, 0.3) is 5.56 Å². The van der Waals surface area contributed by atoms with Gasteiger partial charge < -0.3 is 14.5 Å². The molecule has 0 unspecified atom stereocenters. The van der Waals surface area contributed by atoms with E-state index in [-0.39, 0.29) is 11.6 Å². The summed E-state index contributed by atoms with van der Waals surface area (Å²) >= 11 is 5.22. The SMILES string of the molecule is COc1cc2[nH]c(=S)n(C(C)C)c(=O)c2cc1OC. The van der Waals surface area contributed by atoms with Crippen molar-refractivity contribution < 1.29 is 9.47 Å². The number of benzene rings is 1. The fraction of sp³-hybridized carbons (Fsp3) is 0.385. The highest BCUT2D eigenvalue weighted by atomic mass is 32.1. The van der Waals surface area contributed by atoms with Crippen molar-refractivity contribution >= 4 is 23.1 Å². The van der Waals surface area contributed by atoms with E-state index >= 15 is 0 Å². The average molecular weight is 280 g/mol. The molecule has 0 atom stereocenters. The molecule has 0 bridgehead atoms. The normalized spacial score (nSPS) is 11.0. The molecule has 0 radical (unpaired) electrons. The van der Waals surface area contributed by atoms with Gasteiger partial charge in [0.05, 0.1) is 25.1 Å². The standard InChI is InChI=1S/C13H16N2O3S/c1-7(2)15-12(16)8-5-10(17-3)11(18-4)6-9(8)14-13(15)19/h5-7H,1-4H3,(H,14,19). The van der Waals surface area contributed by atoms with Crippen LogP contribution in [0.2, 0.25) is 0 Å². The molecule has 0 fully saturated rings. The Morgan fingerprint density at radius 3 is 2.32 bits per heavy atom. The zero-order chi connectivity index (χ0) is 14.2. The molecule has 1 aromatic carbocycles. The van der Waals surface area contributed by atoms with Crippen molar-refractivity contribution in [2.45, 2.75) is 19.9 Å². The van der Waals surface area contributed by atoms with Crippen molar-refractivity contribution in [2.24, 2.45) is 0 Å². The summed E-state index contributed by atoms with van der Waals surface area (Å²) in [5, 5.41) is 0.528. The molecule has 2 rings (SSSR count). The predicted octanol–water partition coefficient (Wildman–Crippen LogP) is 2.66. The van der Waals surface area contributed by atoms with Gasteiger partial charge in [-0.25, -0.2) is 0 Å². The Labute approximate surface area is 115 Å². The number of rotatable bonds is 3. The van der Waals surface area contributed by atoms with Crippen LogP contribution in [0.3, 0.4) is 0 Å². The van der Waals surface area contributed by atoms with E-state index in [2.05, 4.69) is 4.98 Å². The largest absolute Gasteiger partial charge is 0.493 e.